The molecule has 2 aliphatic heterocycles. The molecule has 122 valence electrons. The number of aromatic nitrogens is 2. The lowest BCUT2D eigenvalue weighted by Gasteiger charge is -2.35. The molecule has 1 aromatic rings. The first-order chi connectivity index (χ1) is 10.8. The molecule has 2 N–H and O–H groups in total. The second-order valence-electron chi connectivity index (χ2n) is 5.89. The van der Waals surface area contributed by atoms with Crippen LogP contribution in [0, 0.1) is 0 Å². The molecule has 0 unspecified atom stereocenters. The lowest BCUT2D eigenvalue weighted by Crippen LogP contribution is -2.47. The first-order valence-corrected chi connectivity index (χ1v) is 7.94. The van der Waals surface area contributed by atoms with Gasteiger partial charge in [0.1, 0.15) is 5.82 Å². The summed E-state index contributed by atoms with van der Waals surface area (Å²) in [5.41, 5.74) is 6.93. The molecule has 3 heterocycles. The number of piperazine rings is 1. The van der Waals surface area contributed by atoms with Gasteiger partial charge in [-0.05, 0) is 6.42 Å². The van der Waals surface area contributed by atoms with E-state index in [0.29, 0.717) is 11.9 Å². The highest BCUT2D eigenvalue weighted by atomic mass is 16.5. The minimum Gasteiger partial charge on any atom is -0.383 e. The molecule has 0 amide bonds. The lowest BCUT2D eigenvalue weighted by atomic mass is 10.0. The number of nitrogen functional groups attached to an aromatic ring is 1. The van der Waals surface area contributed by atoms with Crippen molar-refractivity contribution in [1.82, 2.24) is 14.9 Å². The largest absolute Gasteiger partial charge is 0.383 e. The Balaban J connectivity index is 1.65. The first-order valence-electron chi connectivity index (χ1n) is 7.94. The third kappa shape index (κ3) is 3.66. The van der Waals surface area contributed by atoms with Gasteiger partial charge < -0.3 is 20.1 Å². The van der Waals surface area contributed by atoms with Crippen LogP contribution >= 0.6 is 0 Å². The summed E-state index contributed by atoms with van der Waals surface area (Å²) in [5, 5.41) is 0. The lowest BCUT2D eigenvalue weighted by molar-refractivity contribution is 0.144. The van der Waals surface area contributed by atoms with E-state index in [1.165, 1.54) is 0 Å². The van der Waals surface area contributed by atoms with Crippen LogP contribution in [0.15, 0.2) is 6.07 Å². The van der Waals surface area contributed by atoms with Crippen LogP contribution in [0.3, 0.4) is 0 Å². The fraction of sp³-hybridized carbons (Fsp3) is 0.733. The number of anilines is 2. The zero-order valence-electron chi connectivity index (χ0n) is 13.2. The second kappa shape index (κ2) is 7.21. The zero-order valence-corrected chi connectivity index (χ0v) is 13.2. The quantitative estimate of drug-likeness (QED) is 0.840. The molecule has 0 bridgehead atoms. The van der Waals surface area contributed by atoms with E-state index in [1.807, 2.05) is 0 Å². The van der Waals surface area contributed by atoms with Gasteiger partial charge in [-0.3, -0.25) is 4.90 Å². The van der Waals surface area contributed by atoms with Gasteiger partial charge in [0.05, 0.1) is 18.9 Å². The van der Waals surface area contributed by atoms with Gasteiger partial charge in [0.15, 0.2) is 0 Å². The van der Waals surface area contributed by atoms with Crippen LogP contribution in [0.1, 0.15) is 18.0 Å². The van der Waals surface area contributed by atoms with E-state index in [1.54, 1.807) is 7.11 Å². The molecule has 7 heteroatoms. The van der Waals surface area contributed by atoms with Crippen molar-refractivity contribution < 1.29 is 9.47 Å². The van der Waals surface area contributed by atoms with E-state index in [9.17, 15) is 0 Å². The number of rotatable bonds is 5. The molecule has 1 atom stereocenters. The first kappa shape index (κ1) is 15.5. The molecule has 0 saturated carbocycles. The summed E-state index contributed by atoms with van der Waals surface area (Å²) in [6.07, 6.45) is 1.01. The van der Waals surface area contributed by atoms with Gasteiger partial charge in [-0.25, -0.2) is 4.98 Å². The Kier molecular flexibility index (Phi) is 5.07. The van der Waals surface area contributed by atoms with Crippen molar-refractivity contribution in [3.05, 3.63) is 11.8 Å². The number of hydrogen-bond acceptors (Lipinski definition) is 7. The molecule has 22 heavy (non-hydrogen) atoms. The van der Waals surface area contributed by atoms with Crippen LogP contribution in [-0.2, 0) is 9.47 Å². The summed E-state index contributed by atoms with van der Waals surface area (Å²) in [6.45, 7) is 7.28. The van der Waals surface area contributed by atoms with Crippen LogP contribution in [0.2, 0.25) is 0 Å². The topological polar surface area (TPSA) is 76.7 Å². The minimum absolute atomic E-state index is 0.354. The van der Waals surface area contributed by atoms with E-state index in [2.05, 4.69) is 25.8 Å². The van der Waals surface area contributed by atoms with Crippen molar-refractivity contribution in [3.8, 4) is 0 Å². The average Bonchev–Trinajstić information content (AvgIpc) is 3.07. The molecule has 1 aromatic heterocycles. The zero-order chi connectivity index (χ0) is 15.4. The summed E-state index contributed by atoms with van der Waals surface area (Å²) >= 11 is 0. The maximum atomic E-state index is 5.91. The molecule has 2 saturated heterocycles. The van der Waals surface area contributed by atoms with Gasteiger partial charge >= 0.3 is 0 Å². The number of hydrogen-bond donors (Lipinski definition) is 1. The SMILES string of the molecule is COCCN1CCN(c2cc([C@H]3CCOC3)nc(N)n2)CC1. The molecule has 0 spiro atoms. The third-order valence-corrected chi connectivity index (χ3v) is 4.41. The van der Waals surface area contributed by atoms with E-state index in [4.69, 9.17) is 15.2 Å². The molecule has 2 fully saturated rings. The van der Waals surface area contributed by atoms with Crippen LogP contribution in [0.5, 0.6) is 0 Å². The Labute approximate surface area is 131 Å². The second-order valence-corrected chi connectivity index (χ2v) is 5.89. The van der Waals surface area contributed by atoms with E-state index >= 15 is 0 Å². The van der Waals surface area contributed by atoms with Crippen molar-refractivity contribution in [2.24, 2.45) is 0 Å². The van der Waals surface area contributed by atoms with Gasteiger partial charge in [-0.2, -0.15) is 4.98 Å². The van der Waals surface area contributed by atoms with Crippen molar-refractivity contribution in [3.63, 3.8) is 0 Å². The van der Waals surface area contributed by atoms with Crippen molar-refractivity contribution in [2.75, 3.05) is 70.3 Å². The molecule has 3 rings (SSSR count). The van der Waals surface area contributed by atoms with Gasteiger partial charge in [0, 0.05) is 58.4 Å². The van der Waals surface area contributed by atoms with Crippen molar-refractivity contribution in [2.45, 2.75) is 12.3 Å². The molecular weight excluding hydrogens is 282 g/mol. The van der Waals surface area contributed by atoms with Crippen LogP contribution in [-0.4, -0.2) is 74.5 Å². The summed E-state index contributed by atoms with van der Waals surface area (Å²) in [7, 11) is 1.74. The normalized spacial score (nSPS) is 23.1. The molecule has 0 radical (unpaired) electrons. The molecular formula is C15H25N5O2. The summed E-state index contributed by atoms with van der Waals surface area (Å²) in [5.74, 6) is 1.66. The summed E-state index contributed by atoms with van der Waals surface area (Å²) in [4.78, 5) is 13.5. The molecule has 7 nitrogen and oxygen atoms in total. The van der Waals surface area contributed by atoms with Gasteiger partial charge in [0.2, 0.25) is 5.95 Å². The maximum absolute atomic E-state index is 5.91. The number of ether oxygens (including phenoxy) is 2. The molecule has 0 aromatic carbocycles. The number of methoxy groups -OCH3 is 1. The Morgan fingerprint density at radius 2 is 2.14 bits per heavy atom. The van der Waals surface area contributed by atoms with E-state index in [-0.39, 0.29) is 0 Å². The van der Waals surface area contributed by atoms with Gasteiger partial charge in [0.25, 0.3) is 0 Å². The number of nitrogens with two attached hydrogens (primary N) is 1. The third-order valence-electron chi connectivity index (χ3n) is 4.41. The maximum Gasteiger partial charge on any atom is 0.222 e. The smallest absolute Gasteiger partial charge is 0.222 e. The highest BCUT2D eigenvalue weighted by Crippen LogP contribution is 2.27. The monoisotopic (exact) mass is 307 g/mol. The fourth-order valence-corrected chi connectivity index (χ4v) is 3.03. The Hall–Kier alpha value is -1.44. The average molecular weight is 307 g/mol. The highest BCUT2D eigenvalue weighted by molar-refractivity contribution is 5.45. The van der Waals surface area contributed by atoms with Crippen molar-refractivity contribution in [1.29, 1.82) is 0 Å². The van der Waals surface area contributed by atoms with E-state index in [0.717, 1.165) is 70.5 Å². The molecule has 2 aliphatic rings. The fourth-order valence-electron chi connectivity index (χ4n) is 3.03. The Morgan fingerprint density at radius 3 is 2.82 bits per heavy atom. The van der Waals surface area contributed by atoms with Gasteiger partial charge in [-0.15, -0.1) is 0 Å². The summed E-state index contributed by atoms with van der Waals surface area (Å²) in [6, 6.07) is 2.08. The Bertz CT molecular complexity index is 485. The van der Waals surface area contributed by atoms with Crippen molar-refractivity contribution >= 4 is 11.8 Å². The van der Waals surface area contributed by atoms with Crippen LogP contribution in [0.4, 0.5) is 11.8 Å². The van der Waals surface area contributed by atoms with Gasteiger partial charge in [-0.1, -0.05) is 0 Å². The minimum atomic E-state index is 0.354. The Morgan fingerprint density at radius 1 is 1.32 bits per heavy atom. The number of nitrogens with zero attached hydrogens (tertiary/aromatic N) is 4. The summed E-state index contributed by atoms with van der Waals surface area (Å²) < 4.78 is 10.6. The van der Waals surface area contributed by atoms with Crippen LogP contribution < -0.4 is 10.6 Å². The van der Waals surface area contributed by atoms with E-state index < -0.39 is 0 Å². The highest BCUT2D eigenvalue weighted by Gasteiger charge is 2.23. The standard InChI is InChI=1S/C15H25N5O2/c1-21-9-7-19-3-5-20(6-4-19)14-10-13(17-15(16)18-14)12-2-8-22-11-12/h10,12H,2-9,11H2,1H3,(H2,16,17,18)/t12-/m0/s1. The van der Waals surface area contributed by atoms with Crippen LogP contribution in [0.25, 0.3) is 0 Å². The predicted octanol–water partition coefficient (Wildman–Crippen LogP) is 0.331. The predicted molar refractivity (Wildman–Crippen MR) is 85.2 cm³/mol. The molecule has 0 aliphatic carbocycles.